The van der Waals surface area contributed by atoms with Crippen LogP contribution >= 0.6 is 0 Å². The summed E-state index contributed by atoms with van der Waals surface area (Å²) in [5.74, 6) is 0. The fourth-order valence-electron chi connectivity index (χ4n) is 1.63. The van der Waals surface area contributed by atoms with Crippen molar-refractivity contribution < 1.29 is 13.2 Å². The van der Waals surface area contributed by atoms with E-state index < -0.39 is 11.9 Å². The molecule has 0 aliphatic carbocycles. The van der Waals surface area contributed by atoms with Gasteiger partial charge in [0.2, 0.25) is 0 Å². The van der Waals surface area contributed by atoms with Crippen molar-refractivity contribution in [3.63, 3.8) is 0 Å². The van der Waals surface area contributed by atoms with Crippen LogP contribution in [0.4, 0.5) is 13.2 Å². The second-order valence-corrected chi connectivity index (χ2v) is 3.92. The molecule has 0 aliphatic rings. The summed E-state index contributed by atoms with van der Waals surface area (Å²) in [5.41, 5.74) is 1.21. The lowest BCUT2D eigenvalue weighted by atomic mass is 10.2. The molecule has 1 heterocycles. The Morgan fingerprint density at radius 2 is 1.82 bits per heavy atom. The third-order valence-corrected chi connectivity index (χ3v) is 2.42. The molecule has 0 radical (unpaired) electrons. The van der Waals surface area contributed by atoms with E-state index >= 15 is 0 Å². The molecule has 1 aromatic carbocycles. The molecule has 0 bridgehead atoms. The van der Waals surface area contributed by atoms with Gasteiger partial charge in [-0.2, -0.15) is 18.3 Å². The molecule has 0 saturated heterocycles. The summed E-state index contributed by atoms with van der Waals surface area (Å²) in [6.45, 7) is 3.48. The van der Waals surface area contributed by atoms with E-state index in [2.05, 4.69) is 5.10 Å². The minimum atomic E-state index is -4.40. The van der Waals surface area contributed by atoms with Crippen molar-refractivity contribution in [2.45, 2.75) is 20.0 Å². The minimum absolute atomic E-state index is 0.461. The van der Waals surface area contributed by atoms with Crippen LogP contribution < -0.4 is 0 Å². The third-order valence-electron chi connectivity index (χ3n) is 2.42. The number of aromatic nitrogens is 2. The van der Waals surface area contributed by atoms with Gasteiger partial charge >= 0.3 is 6.18 Å². The maximum atomic E-state index is 12.5. The van der Waals surface area contributed by atoms with Crippen LogP contribution in [0.2, 0.25) is 0 Å². The number of benzene rings is 1. The zero-order valence-electron chi connectivity index (χ0n) is 9.42. The van der Waals surface area contributed by atoms with Crippen LogP contribution in [0.15, 0.2) is 30.3 Å². The Morgan fingerprint density at radius 3 is 2.35 bits per heavy atom. The highest BCUT2D eigenvalue weighted by Crippen LogP contribution is 2.29. The molecular formula is C12H11F3N2. The van der Waals surface area contributed by atoms with E-state index in [4.69, 9.17) is 0 Å². The normalized spacial score (nSPS) is 11.8. The molecule has 0 aliphatic heterocycles. The fourth-order valence-corrected chi connectivity index (χ4v) is 1.63. The van der Waals surface area contributed by atoms with Gasteiger partial charge in [-0.3, -0.25) is 0 Å². The summed E-state index contributed by atoms with van der Waals surface area (Å²) < 4.78 is 38.8. The highest BCUT2D eigenvalue weighted by molar-refractivity contribution is 5.36. The van der Waals surface area contributed by atoms with E-state index in [9.17, 15) is 13.2 Å². The SMILES string of the molecule is Cc1cccc(-n2nc(C(F)(F)F)cc2C)c1. The van der Waals surface area contributed by atoms with Crippen LogP contribution in [-0.2, 0) is 6.18 Å². The Labute approximate surface area is 96.7 Å². The van der Waals surface area contributed by atoms with Crippen LogP contribution in [0.3, 0.4) is 0 Å². The zero-order chi connectivity index (χ0) is 12.6. The number of hydrogen-bond donors (Lipinski definition) is 0. The summed E-state index contributed by atoms with van der Waals surface area (Å²) >= 11 is 0. The van der Waals surface area contributed by atoms with Gasteiger partial charge in [-0.1, -0.05) is 12.1 Å². The Balaban J connectivity index is 2.50. The highest BCUT2D eigenvalue weighted by Gasteiger charge is 2.34. The van der Waals surface area contributed by atoms with E-state index in [1.807, 2.05) is 13.0 Å². The number of halogens is 3. The van der Waals surface area contributed by atoms with Crippen molar-refractivity contribution in [3.05, 3.63) is 47.3 Å². The summed E-state index contributed by atoms with van der Waals surface area (Å²) in [7, 11) is 0. The average Bonchev–Trinajstić information content (AvgIpc) is 2.60. The van der Waals surface area contributed by atoms with Crippen molar-refractivity contribution in [3.8, 4) is 5.69 Å². The first-order valence-corrected chi connectivity index (χ1v) is 5.09. The van der Waals surface area contributed by atoms with Crippen LogP contribution in [0.5, 0.6) is 0 Å². The number of alkyl halides is 3. The molecule has 0 N–H and O–H groups in total. The lowest BCUT2D eigenvalue weighted by Crippen LogP contribution is -2.07. The molecule has 2 nitrogen and oxygen atoms in total. The van der Waals surface area contributed by atoms with Crippen LogP contribution in [0, 0.1) is 13.8 Å². The first-order chi connectivity index (χ1) is 7.88. The number of rotatable bonds is 1. The number of aryl methyl sites for hydroxylation is 2. The van der Waals surface area contributed by atoms with E-state index in [0.29, 0.717) is 11.4 Å². The molecule has 0 unspecified atom stereocenters. The second kappa shape index (κ2) is 3.91. The van der Waals surface area contributed by atoms with Crippen LogP contribution in [0.25, 0.3) is 5.69 Å². The standard InChI is InChI=1S/C12H11F3N2/c1-8-4-3-5-10(6-8)17-9(2)7-11(16-17)12(13,14)15/h3-7H,1-2H3. The summed E-state index contributed by atoms with van der Waals surface area (Å²) in [4.78, 5) is 0. The van der Waals surface area contributed by atoms with E-state index in [1.165, 1.54) is 4.68 Å². The van der Waals surface area contributed by atoms with Gasteiger partial charge in [-0.15, -0.1) is 0 Å². The van der Waals surface area contributed by atoms with Crippen molar-refractivity contribution >= 4 is 0 Å². The predicted molar refractivity (Wildman–Crippen MR) is 58.0 cm³/mol. The van der Waals surface area contributed by atoms with E-state index in [1.54, 1.807) is 25.1 Å². The maximum Gasteiger partial charge on any atom is 0.435 e. The summed E-state index contributed by atoms with van der Waals surface area (Å²) in [5, 5.41) is 3.58. The largest absolute Gasteiger partial charge is 0.435 e. The van der Waals surface area contributed by atoms with Crippen molar-refractivity contribution in [1.29, 1.82) is 0 Å². The van der Waals surface area contributed by atoms with Gasteiger partial charge in [0.15, 0.2) is 5.69 Å². The topological polar surface area (TPSA) is 17.8 Å². The Kier molecular flexibility index (Phi) is 2.69. The lowest BCUT2D eigenvalue weighted by Gasteiger charge is -2.05. The molecule has 0 fully saturated rings. The molecule has 5 heteroatoms. The monoisotopic (exact) mass is 240 g/mol. The van der Waals surface area contributed by atoms with Gasteiger partial charge in [0, 0.05) is 5.69 Å². The molecule has 90 valence electrons. The van der Waals surface area contributed by atoms with Crippen LogP contribution in [-0.4, -0.2) is 9.78 Å². The van der Waals surface area contributed by atoms with Gasteiger partial charge in [-0.25, -0.2) is 4.68 Å². The molecule has 17 heavy (non-hydrogen) atoms. The van der Waals surface area contributed by atoms with E-state index in [-0.39, 0.29) is 0 Å². The fraction of sp³-hybridized carbons (Fsp3) is 0.250. The van der Waals surface area contributed by atoms with Gasteiger partial charge in [0.05, 0.1) is 5.69 Å². The smallest absolute Gasteiger partial charge is 0.238 e. The number of hydrogen-bond acceptors (Lipinski definition) is 1. The molecule has 0 amide bonds. The Hall–Kier alpha value is -1.78. The lowest BCUT2D eigenvalue weighted by molar-refractivity contribution is -0.141. The zero-order valence-corrected chi connectivity index (χ0v) is 9.42. The Bertz CT molecular complexity index is 541. The van der Waals surface area contributed by atoms with Gasteiger partial charge < -0.3 is 0 Å². The molecule has 0 spiro atoms. The molecular weight excluding hydrogens is 229 g/mol. The van der Waals surface area contributed by atoms with Gasteiger partial charge in [0.1, 0.15) is 0 Å². The Morgan fingerprint density at radius 1 is 1.12 bits per heavy atom. The predicted octanol–water partition coefficient (Wildman–Crippen LogP) is 3.51. The molecule has 0 atom stereocenters. The first-order valence-electron chi connectivity index (χ1n) is 5.09. The number of nitrogens with zero attached hydrogens (tertiary/aromatic N) is 2. The van der Waals surface area contributed by atoms with Crippen molar-refractivity contribution in [1.82, 2.24) is 9.78 Å². The van der Waals surface area contributed by atoms with Crippen molar-refractivity contribution in [2.75, 3.05) is 0 Å². The maximum absolute atomic E-state index is 12.5. The second-order valence-electron chi connectivity index (χ2n) is 3.92. The van der Waals surface area contributed by atoms with Crippen LogP contribution in [0.1, 0.15) is 17.0 Å². The van der Waals surface area contributed by atoms with Gasteiger partial charge in [-0.05, 0) is 37.6 Å². The molecule has 0 saturated carbocycles. The minimum Gasteiger partial charge on any atom is -0.238 e. The molecule has 2 rings (SSSR count). The van der Waals surface area contributed by atoms with E-state index in [0.717, 1.165) is 11.6 Å². The average molecular weight is 240 g/mol. The third kappa shape index (κ3) is 2.33. The highest BCUT2D eigenvalue weighted by atomic mass is 19.4. The quantitative estimate of drug-likeness (QED) is 0.745. The van der Waals surface area contributed by atoms with Crippen molar-refractivity contribution in [2.24, 2.45) is 0 Å². The molecule has 1 aromatic heterocycles. The first kappa shape index (κ1) is 11.7. The molecule has 2 aromatic rings. The summed E-state index contributed by atoms with van der Waals surface area (Å²) in [6, 6.07) is 8.24. The summed E-state index contributed by atoms with van der Waals surface area (Å²) in [6.07, 6.45) is -4.40. The van der Waals surface area contributed by atoms with Gasteiger partial charge in [0.25, 0.3) is 0 Å².